The summed E-state index contributed by atoms with van der Waals surface area (Å²) in [6.07, 6.45) is 0.577. The Morgan fingerprint density at radius 2 is 2.27 bits per heavy atom. The van der Waals surface area contributed by atoms with Crippen LogP contribution >= 0.6 is 23.1 Å². The zero-order valence-electron chi connectivity index (χ0n) is 7.67. The number of sulfonamides is 1. The topological polar surface area (TPSA) is 63.2 Å². The number of carbonyl (C=O) groups excluding carboxylic acids is 1. The first-order chi connectivity index (χ1) is 7.09. The Morgan fingerprint density at radius 1 is 1.47 bits per heavy atom. The fourth-order valence-electron chi connectivity index (χ4n) is 1.26. The van der Waals surface area contributed by atoms with Gasteiger partial charge in [0.1, 0.15) is 4.21 Å². The van der Waals surface area contributed by atoms with Gasteiger partial charge in [0.05, 0.1) is 6.04 Å². The molecule has 0 amide bonds. The van der Waals surface area contributed by atoms with Gasteiger partial charge < -0.3 is 0 Å². The van der Waals surface area contributed by atoms with Crippen molar-refractivity contribution in [3.8, 4) is 0 Å². The second kappa shape index (κ2) is 4.25. The Balaban J connectivity index is 2.15. The van der Waals surface area contributed by atoms with Crippen LogP contribution in [0.25, 0.3) is 0 Å². The van der Waals surface area contributed by atoms with E-state index in [9.17, 15) is 13.2 Å². The highest BCUT2D eigenvalue weighted by Crippen LogP contribution is 2.22. The number of thioether (sulfide) groups is 1. The maximum atomic E-state index is 11.7. The van der Waals surface area contributed by atoms with Crippen LogP contribution in [0.3, 0.4) is 0 Å². The van der Waals surface area contributed by atoms with Gasteiger partial charge in [0.25, 0.3) is 10.0 Å². The van der Waals surface area contributed by atoms with E-state index >= 15 is 0 Å². The van der Waals surface area contributed by atoms with Gasteiger partial charge in [-0.25, -0.2) is 8.42 Å². The van der Waals surface area contributed by atoms with Gasteiger partial charge in [0.15, 0.2) is 0 Å². The van der Waals surface area contributed by atoms with Crippen molar-refractivity contribution in [3.63, 3.8) is 0 Å². The molecule has 1 aromatic heterocycles. The average Bonchev–Trinajstić information content (AvgIpc) is 2.77. The largest absolute Gasteiger partial charge is 0.285 e. The molecule has 1 aromatic rings. The lowest BCUT2D eigenvalue weighted by molar-refractivity contribution is -0.111. The van der Waals surface area contributed by atoms with E-state index in [-0.39, 0.29) is 9.32 Å². The van der Waals surface area contributed by atoms with Crippen molar-refractivity contribution in [2.45, 2.75) is 16.7 Å². The molecule has 1 aliphatic rings. The van der Waals surface area contributed by atoms with Crippen LogP contribution in [0, 0.1) is 0 Å². The van der Waals surface area contributed by atoms with Gasteiger partial charge in [0, 0.05) is 5.75 Å². The SMILES string of the molecule is O=C1SCC[C@@H]1NS(=O)(=O)c1cccs1. The summed E-state index contributed by atoms with van der Waals surface area (Å²) in [7, 11) is -3.50. The summed E-state index contributed by atoms with van der Waals surface area (Å²) in [4.78, 5) is 11.3. The molecule has 4 nitrogen and oxygen atoms in total. The summed E-state index contributed by atoms with van der Waals surface area (Å²) < 4.78 is 26.1. The minimum absolute atomic E-state index is 0.0878. The van der Waals surface area contributed by atoms with Gasteiger partial charge >= 0.3 is 0 Å². The molecule has 0 spiro atoms. The Morgan fingerprint density at radius 3 is 2.80 bits per heavy atom. The van der Waals surface area contributed by atoms with E-state index in [1.54, 1.807) is 11.4 Å². The number of hydrogen-bond donors (Lipinski definition) is 1. The summed E-state index contributed by atoms with van der Waals surface area (Å²) in [6, 6.07) is 2.64. The fourth-order valence-corrected chi connectivity index (χ4v) is 4.51. The molecule has 82 valence electrons. The zero-order valence-corrected chi connectivity index (χ0v) is 10.1. The lowest BCUT2D eigenvalue weighted by Gasteiger charge is -2.08. The van der Waals surface area contributed by atoms with Crippen LogP contribution in [0.2, 0.25) is 0 Å². The lowest BCUT2D eigenvalue weighted by Crippen LogP contribution is -2.36. The Bertz CT molecular complexity index is 451. The van der Waals surface area contributed by atoms with Crippen LogP contribution in [0.15, 0.2) is 21.7 Å². The molecular formula is C8H9NO3S3. The predicted molar refractivity (Wildman–Crippen MR) is 60.5 cm³/mol. The van der Waals surface area contributed by atoms with Gasteiger partial charge in [-0.1, -0.05) is 17.8 Å². The average molecular weight is 263 g/mol. The molecule has 1 aliphatic heterocycles. The minimum Gasteiger partial charge on any atom is -0.285 e. The van der Waals surface area contributed by atoms with Gasteiger partial charge in [-0.3, -0.25) is 4.79 Å². The molecule has 1 fully saturated rings. The van der Waals surface area contributed by atoms with E-state index < -0.39 is 16.1 Å². The maximum absolute atomic E-state index is 11.7. The number of nitrogens with one attached hydrogen (secondary N) is 1. The molecule has 1 N–H and O–H groups in total. The van der Waals surface area contributed by atoms with Crippen molar-refractivity contribution in [1.82, 2.24) is 4.72 Å². The van der Waals surface area contributed by atoms with E-state index in [1.807, 2.05) is 0 Å². The van der Waals surface area contributed by atoms with Crippen molar-refractivity contribution < 1.29 is 13.2 Å². The van der Waals surface area contributed by atoms with E-state index in [0.717, 1.165) is 11.3 Å². The molecular weight excluding hydrogens is 254 g/mol. The number of thiophene rings is 1. The van der Waals surface area contributed by atoms with Crippen molar-refractivity contribution in [1.29, 1.82) is 0 Å². The third-order valence-electron chi connectivity index (χ3n) is 1.99. The molecule has 0 saturated carbocycles. The first-order valence-corrected chi connectivity index (χ1v) is 7.67. The highest BCUT2D eigenvalue weighted by molar-refractivity contribution is 8.14. The predicted octanol–water partition coefficient (Wildman–Crippen LogP) is 1.06. The zero-order chi connectivity index (χ0) is 10.9. The monoisotopic (exact) mass is 263 g/mol. The highest BCUT2D eigenvalue weighted by Gasteiger charge is 2.30. The summed E-state index contributed by atoms with van der Waals surface area (Å²) in [5.74, 6) is 0.691. The van der Waals surface area contributed by atoms with E-state index in [1.165, 1.54) is 17.8 Å². The second-order valence-corrected chi connectivity index (χ2v) is 7.05. The van der Waals surface area contributed by atoms with Gasteiger partial charge in [0.2, 0.25) is 5.12 Å². The molecule has 0 aromatic carbocycles. The van der Waals surface area contributed by atoms with E-state index in [0.29, 0.717) is 12.2 Å². The van der Waals surface area contributed by atoms with Crippen LogP contribution in [0.4, 0.5) is 0 Å². The smallest absolute Gasteiger partial charge is 0.250 e. The normalized spacial score (nSPS) is 22.1. The minimum atomic E-state index is -3.50. The fraction of sp³-hybridized carbons (Fsp3) is 0.375. The molecule has 7 heteroatoms. The van der Waals surface area contributed by atoms with Crippen molar-refractivity contribution in [2.24, 2.45) is 0 Å². The molecule has 0 radical (unpaired) electrons. The quantitative estimate of drug-likeness (QED) is 0.885. The van der Waals surface area contributed by atoms with E-state index in [2.05, 4.69) is 4.72 Å². The Hall–Kier alpha value is -0.370. The lowest BCUT2D eigenvalue weighted by atomic mass is 10.3. The standard InChI is InChI=1S/C8H9NO3S3/c10-8-6(3-5-14-8)9-15(11,12)7-2-1-4-13-7/h1-2,4,6,9H,3,5H2/t6-/m0/s1. The Labute approximate surface area is 96.1 Å². The molecule has 2 rings (SSSR count). The molecule has 1 atom stereocenters. The third-order valence-corrected chi connectivity index (χ3v) is 5.87. The van der Waals surface area contributed by atoms with Crippen LogP contribution in [0.5, 0.6) is 0 Å². The van der Waals surface area contributed by atoms with Crippen molar-refractivity contribution in [3.05, 3.63) is 17.5 Å². The third kappa shape index (κ3) is 2.41. The van der Waals surface area contributed by atoms with Crippen molar-refractivity contribution >= 4 is 38.2 Å². The van der Waals surface area contributed by atoms with Gasteiger partial charge in [-0.05, 0) is 17.9 Å². The number of carbonyl (C=O) groups is 1. The van der Waals surface area contributed by atoms with Crippen LogP contribution in [-0.4, -0.2) is 25.3 Å². The number of rotatable bonds is 3. The molecule has 0 aliphatic carbocycles. The van der Waals surface area contributed by atoms with Crippen LogP contribution < -0.4 is 4.72 Å². The first-order valence-electron chi connectivity index (χ1n) is 4.32. The van der Waals surface area contributed by atoms with Gasteiger partial charge in [-0.2, -0.15) is 4.72 Å². The summed E-state index contributed by atoms with van der Waals surface area (Å²) in [6.45, 7) is 0. The summed E-state index contributed by atoms with van der Waals surface area (Å²) in [5, 5.41) is 1.61. The molecule has 1 saturated heterocycles. The van der Waals surface area contributed by atoms with E-state index in [4.69, 9.17) is 0 Å². The highest BCUT2D eigenvalue weighted by atomic mass is 32.2. The molecule has 2 heterocycles. The first kappa shape index (κ1) is 11.1. The molecule has 0 unspecified atom stereocenters. The summed E-state index contributed by atoms with van der Waals surface area (Å²) >= 11 is 2.33. The summed E-state index contributed by atoms with van der Waals surface area (Å²) in [5.41, 5.74) is 0. The maximum Gasteiger partial charge on any atom is 0.250 e. The van der Waals surface area contributed by atoms with Crippen LogP contribution in [0.1, 0.15) is 6.42 Å². The van der Waals surface area contributed by atoms with Crippen LogP contribution in [-0.2, 0) is 14.8 Å². The number of hydrogen-bond acceptors (Lipinski definition) is 5. The molecule has 0 bridgehead atoms. The second-order valence-electron chi connectivity index (χ2n) is 3.06. The Kier molecular flexibility index (Phi) is 3.15. The van der Waals surface area contributed by atoms with Crippen molar-refractivity contribution in [2.75, 3.05) is 5.75 Å². The molecule has 15 heavy (non-hydrogen) atoms. The van der Waals surface area contributed by atoms with Gasteiger partial charge in [-0.15, -0.1) is 11.3 Å².